The normalized spacial score (nSPS) is 11.5. The van der Waals surface area contributed by atoms with Gasteiger partial charge in [0.05, 0.1) is 7.11 Å². The van der Waals surface area contributed by atoms with Gasteiger partial charge in [0.15, 0.2) is 0 Å². The van der Waals surface area contributed by atoms with Crippen molar-refractivity contribution in [3.05, 3.63) is 28.8 Å². The smallest absolute Gasteiger partial charge is 0.303 e. The molecule has 3 heteroatoms. The number of methoxy groups -OCH3 is 1. The zero-order chi connectivity index (χ0) is 16.8. The van der Waals surface area contributed by atoms with Crippen LogP contribution in [0.3, 0.4) is 0 Å². The molecular formula is C19H30O3. The molecular weight excluding hydrogens is 276 g/mol. The quantitative estimate of drug-likeness (QED) is 0.716. The Labute approximate surface area is 134 Å². The molecule has 0 amide bonds. The highest BCUT2D eigenvalue weighted by atomic mass is 16.5. The van der Waals surface area contributed by atoms with E-state index in [1.165, 1.54) is 11.1 Å². The van der Waals surface area contributed by atoms with Crippen molar-refractivity contribution in [2.45, 2.75) is 71.6 Å². The van der Waals surface area contributed by atoms with Gasteiger partial charge in [0.2, 0.25) is 0 Å². The number of hydrogen-bond donors (Lipinski definition) is 1. The Bertz CT molecular complexity index is 504. The van der Waals surface area contributed by atoms with E-state index in [9.17, 15) is 4.79 Å². The van der Waals surface area contributed by atoms with Crippen molar-refractivity contribution in [2.75, 3.05) is 7.11 Å². The fraction of sp³-hybridized carbons (Fsp3) is 0.632. The summed E-state index contributed by atoms with van der Waals surface area (Å²) in [5, 5.41) is 8.94. The summed E-state index contributed by atoms with van der Waals surface area (Å²) < 4.78 is 5.73. The summed E-state index contributed by atoms with van der Waals surface area (Å²) in [6.45, 7) is 8.79. The minimum atomic E-state index is -0.748. The molecule has 0 unspecified atom stereocenters. The molecule has 1 rings (SSSR count). The Kier molecular flexibility index (Phi) is 6.92. The first kappa shape index (κ1) is 18.5. The second-order valence-corrected chi connectivity index (χ2v) is 6.57. The fourth-order valence-corrected chi connectivity index (χ4v) is 2.64. The predicted molar refractivity (Wildman–Crippen MR) is 90.9 cm³/mol. The molecule has 0 radical (unpaired) electrons. The molecule has 0 bridgehead atoms. The topological polar surface area (TPSA) is 46.5 Å². The third-order valence-electron chi connectivity index (χ3n) is 4.47. The highest BCUT2D eigenvalue weighted by molar-refractivity contribution is 5.67. The maximum atomic E-state index is 10.9. The second kappa shape index (κ2) is 8.21. The minimum absolute atomic E-state index is 0.0194. The van der Waals surface area contributed by atoms with E-state index in [1.807, 2.05) is 0 Å². The van der Waals surface area contributed by atoms with Crippen LogP contribution in [-0.4, -0.2) is 18.2 Å². The first-order valence-corrected chi connectivity index (χ1v) is 8.27. The SMILES string of the molecule is CCCCc1cc(CCC(=O)O)cc(C(C)(C)CC)c1OC. The van der Waals surface area contributed by atoms with Crippen LogP contribution in [-0.2, 0) is 23.1 Å². The van der Waals surface area contributed by atoms with Gasteiger partial charge in [-0.25, -0.2) is 0 Å². The molecule has 0 spiro atoms. The van der Waals surface area contributed by atoms with Gasteiger partial charge >= 0.3 is 5.97 Å². The fourth-order valence-electron chi connectivity index (χ4n) is 2.64. The van der Waals surface area contributed by atoms with Gasteiger partial charge in [-0.2, -0.15) is 0 Å². The van der Waals surface area contributed by atoms with Gasteiger partial charge in [-0.05, 0) is 42.2 Å². The van der Waals surface area contributed by atoms with Crippen LogP contribution in [0.4, 0.5) is 0 Å². The summed E-state index contributed by atoms with van der Waals surface area (Å²) in [5.74, 6) is 0.238. The Balaban J connectivity index is 3.31. The molecule has 0 aromatic heterocycles. The zero-order valence-corrected chi connectivity index (χ0v) is 14.7. The maximum Gasteiger partial charge on any atom is 0.303 e. The summed E-state index contributed by atoms with van der Waals surface area (Å²) in [4.78, 5) is 10.9. The molecule has 0 heterocycles. The van der Waals surface area contributed by atoms with E-state index < -0.39 is 5.97 Å². The molecule has 0 saturated carbocycles. The number of carboxylic acids is 1. The van der Waals surface area contributed by atoms with Crippen LogP contribution in [0.25, 0.3) is 0 Å². The number of unbranched alkanes of at least 4 members (excludes halogenated alkanes) is 1. The Morgan fingerprint density at radius 3 is 2.41 bits per heavy atom. The van der Waals surface area contributed by atoms with Crippen molar-refractivity contribution in [2.24, 2.45) is 0 Å². The lowest BCUT2D eigenvalue weighted by molar-refractivity contribution is -0.136. The van der Waals surface area contributed by atoms with Crippen LogP contribution in [0.1, 0.15) is 70.1 Å². The highest BCUT2D eigenvalue weighted by Gasteiger charge is 2.25. The van der Waals surface area contributed by atoms with E-state index in [-0.39, 0.29) is 11.8 Å². The molecule has 0 fully saturated rings. The molecule has 0 aliphatic carbocycles. The Morgan fingerprint density at radius 2 is 1.91 bits per heavy atom. The van der Waals surface area contributed by atoms with Gasteiger partial charge < -0.3 is 9.84 Å². The summed E-state index contributed by atoms with van der Waals surface area (Å²) in [5.41, 5.74) is 3.53. The summed E-state index contributed by atoms with van der Waals surface area (Å²) in [7, 11) is 1.73. The van der Waals surface area contributed by atoms with Crippen LogP contribution in [0.15, 0.2) is 12.1 Å². The molecule has 0 aliphatic heterocycles. The first-order valence-electron chi connectivity index (χ1n) is 8.27. The molecule has 124 valence electrons. The maximum absolute atomic E-state index is 10.9. The number of aliphatic carboxylic acids is 1. The molecule has 1 aromatic carbocycles. The van der Waals surface area contributed by atoms with Gasteiger partial charge in [-0.15, -0.1) is 0 Å². The average molecular weight is 306 g/mol. The van der Waals surface area contributed by atoms with Crippen molar-refractivity contribution in [3.63, 3.8) is 0 Å². The number of benzene rings is 1. The number of hydrogen-bond acceptors (Lipinski definition) is 2. The number of carboxylic acid groups (broad SMARTS) is 1. The molecule has 22 heavy (non-hydrogen) atoms. The zero-order valence-electron chi connectivity index (χ0n) is 14.7. The van der Waals surface area contributed by atoms with Gasteiger partial charge in [0, 0.05) is 12.0 Å². The van der Waals surface area contributed by atoms with E-state index in [4.69, 9.17) is 9.84 Å². The van der Waals surface area contributed by atoms with Gasteiger partial charge in [-0.3, -0.25) is 4.79 Å². The highest BCUT2D eigenvalue weighted by Crippen LogP contribution is 2.38. The van der Waals surface area contributed by atoms with Crippen molar-refractivity contribution in [1.82, 2.24) is 0 Å². The van der Waals surface area contributed by atoms with Crippen LogP contribution < -0.4 is 4.74 Å². The van der Waals surface area contributed by atoms with Crippen molar-refractivity contribution >= 4 is 5.97 Å². The monoisotopic (exact) mass is 306 g/mol. The standard InChI is InChI=1S/C19H30O3/c1-6-8-9-15-12-14(10-11-17(20)21)13-16(18(15)22-5)19(3,4)7-2/h12-13H,6-11H2,1-5H3,(H,20,21). The van der Waals surface area contributed by atoms with Crippen LogP contribution >= 0.6 is 0 Å². The van der Waals surface area contributed by atoms with E-state index in [0.29, 0.717) is 6.42 Å². The summed E-state index contributed by atoms with van der Waals surface area (Å²) in [6, 6.07) is 4.27. The van der Waals surface area contributed by atoms with Crippen molar-refractivity contribution in [3.8, 4) is 5.75 Å². The largest absolute Gasteiger partial charge is 0.496 e. The molecule has 0 aliphatic rings. The molecule has 1 N–H and O–H groups in total. The van der Waals surface area contributed by atoms with Crippen LogP contribution in [0.2, 0.25) is 0 Å². The number of carbonyl (C=O) groups is 1. The first-order chi connectivity index (χ1) is 10.4. The lowest BCUT2D eigenvalue weighted by atomic mass is 9.79. The summed E-state index contributed by atoms with van der Waals surface area (Å²) >= 11 is 0. The third kappa shape index (κ3) is 4.75. The number of rotatable bonds is 9. The predicted octanol–water partition coefficient (Wildman–Crippen LogP) is 4.74. The van der Waals surface area contributed by atoms with E-state index in [2.05, 4.69) is 39.8 Å². The van der Waals surface area contributed by atoms with Crippen LogP contribution in [0.5, 0.6) is 5.75 Å². The van der Waals surface area contributed by atoms with E-state index >= 15 is 0 Å². The van der Waals surface area contributed by atoms with E-state index in [0.717, 1.165) is 37.0 Å². The minimum Gasteiger partial charge on any atom is -0.496 e. The average Bonchev–Trinajstić information content (AvgIpc) is 2.50. The third-order valence-corrected chi connectivity index (χ3v) is 4.47. The Hall–Kier alpha value is -1.51. The van der Waals surface area contributed by atoms with Crippen molar-refractivity contribution in [1.29, 1.82) is 0 Å². The molecule has 3 nitrogen and oxygen atoms in total. The van der Waals surface area contributed by atoms with Crippen molar-refractivity contribution < 1.29 is 14.6 Å². The van der Waals surface area contributed by atoms with E-state index in [1.54, 1.807) is 7.11 Å². The summed E-state index contributed by atoms with van der Waals surface area (Å²) in [6.07, 6.45) is 4.99. The second-order valence-electron chi connectivity index (χ2n) is 6.57. The van der Waals surface area contributed by atoms with Gasteiger partial charge in [0.25, 0.3) is 0 Å². The molecule has 1 aromatic rings. The van der Waals surface area contributed by atoms with Gasteiger partial charge in [-0.1, -0.05) is 46.2 Å². The molecule has 0 saturated heterocycles. The number of ether oxygens (including phenoxy) is 1. The lowest BCUT2D eigenvalue weighted by Gasteiger charge is -2.28. The lowest BCUT2D eigenvalue weighted by Crippen LogP contribution is -2.18. The number of aryl methyl sites for hydroxylation is 2. The molecule has 0 atom stereocenters. The van der Waals surface area contributed by atoms with Crippen LogP contribution in [0, 0.1) is 0 Å². The Morgan fingerprint density at radius 1 is 1.23 bits per heavy atom. The van der Waals surface area contributed by atoms with Gasteiger partial charge in [0.1, 0.15) is 5.75 Å².